The summed E-state index contributed by atoms with van der Waals surface area (Å²) >= 11 is 0. The predicted octanol–water partition coefficient (Wildman–Crippen LogP) is 2.46. The molecule has 2 amide bonds. The predicted molar refractivity (Wildman–Crippen MR) is 106 cm³/mol. The molecule has 0 bridgehead atoms. The van der Waals surface area contributed by atoms with E-state index >= 15 is 0 Å². The molecule has 0 saturated heterocycles. The fourth-order valence-corrected chi connectivity index (χ4v) is 4.18. The first-order chi connectivity index (χ1) is 12.9. The molecule has 7 nitrogen and oxygen atoms in total. The number of hydrogen-bond donors (Lipinski definition) is 1. The first-order valence-electron chi connectivity index (χ1n) is 8.68. The molecular weight excluding hydrogens is 366 g/mol. The van der Waals surface area contributed by atoms with Gasteiger partial charge >= 0.3 is 0 Å². The first kappa shape index (κ1) is 18.9. The molecule has 0 fully saturated rings. The second kappa shape index (κ2) is 7.40. The van der Waals surface area contributed by atoms with Crippen molar-refractivity contribution in [2.45, 2.75) is 13.8 Å². The molecule has 8 heteroatoms. The maximum atomic E-state index is 12.9. The van der Waals surface area contributed by atoms with Crippen molar-refractivity contribution in [3.63, 3.8) is 0 Å². The molecule has 0 aromatic heterocycles. The standard InChI is InChI=1S/C19H21N3O4S/c1-3-22(27(25,26)4-2)15-11-9-14(10-12-15)19(24)21-13-18(23)20-16-7-5-6-8-17(16)21/h5-12H,3-4,13H2,1-2H3,(H,20,23). The molecule has 1 aliphatic heterocycles. The van der Waals surface area contributed by atoms with Crippen LogP contribution in [-0.4, -0.2) is 39.1 Å². The number of fused-ring (bicyclic) bond motifs is 1. The maximum absolute atomic E-state index is 12.9. The zero-order chi connectivity index (χ0) is 19.6. The number of carbonyl (C=O) groups is 2. The third kappa shape index (κ3) is 3.66. The van der Waals surface area contributed by atoms with Crippen LogP contribution in [-0.2, 0) is 14.8 Å². The van der Waals surface area contributed by atoms with Crippen LogP contribution in [0, 0.1) is 0 Å². The molecule has 27 heavy (non-hydrogen) atoms. The number of benzene rings is 2. The summed E-state index contributed by atoms with van der Waals surface area (Å²) in [4.78, 5) is 26.3. The largest absolute Gasteiger partial charge is 0.323 e. The van der Waals surface area contributed by atoms with Gasteiger partial charge in [0.05, 0.1) is 22.8 Å². The average Bonchev–Trinajstić information content (AvgIpc) is 2.67. The molecule has 0 radical (unpaired) electrons. The summed E-state index contributed by atoms with van der Waals surface area (Å²) in [5.74, 6) is -0.573. The minimum Gasteiger partial charge on any atom is -0.323 e. The van der Waals surface area contributed by atoms with Crippen molar-refractivity contribution >= 4 is 38.9 Å². The van der Waals surface area contributed by atoms with Crippen molar-refractivity contribution in [3.05, 3.63) is 54.1 Å². The molecule has 142 valence electrons. The normalized spacial score (nSPS) is 13.7. The Kier molecular flexibility index (Phi) is 5.18. The number of anilines is 3. The van der Waals surface area contributed by atoms with Gasteiger partial charge in [0, 0.05) is 12.1 Å². The smallest absolute Gasteiger partial charge is 0.258 e. The molecule has 3 rings (SSSR count). The van der Waals surface area contributed by atoms with Gasteiger partial charge in [-0.1, -0.05) is 12.1 Å². The monoisotopic (exact) mass is 387 g/mol. The van der Waals surface area contributed by atoms with E-state index in [0.717, 1.165) is 0 Å². The number of sulfonamides is 1. The minimum atomic E-state index is -3.38. The second-order valence-electron chi connectivity index (χ2n) is 6.07. The molecule has 1 heterocycles. The van der Waals surface area contributed by atoms with Crippen LogP contribution >= 0.6 is 0 Å². The zero-order valence-corrected chi connectivity index (χ0v) is 16.0. The number of nitrogens with zero attached hydrogens (tertiary/aromatic N) is 2. The van der Waals surface area contributed by atoms with Gasteiger partial charge in [-0.25, -0.2) is 8.42 Å². The Morgan fingerprint density at radius 1 is 1.11 bits per heavy atom. The fourth-order valence-electron chi connectivity index (χ4n) is 3.04. The summed E-state index contributed by atoms with van der Waals surface area (Å²) < 4.78 is 25.7. The van der Waals surface area contributed by atoms with E-state index in [0.29, 0.717) is 29.2 Å². The van der Waals surface area contributed by atoms with E-state index in [9.17, 15) is 18.0 Å². The van der Waals surface area contributed by atoms with E-state index in [1.165, 1.54) is 9.21 Å². The van der Waals surface area contributed by atoms with E-state index in [-0.39, 0.29) is 24.1 Å². The van der Waals surface area contributed by atoms with Gasteiger partial charge in [0.15, 0.2) is 0 Å². The summed E-state index contributed by atoms with van der Waals surface area (Å²) in [5, 5.41) is 2.74. The highest BCUT2D eigenvalue weighted by Crippen LogP contribution is 2.30. The average molecular weight is 387 g/mol. The lowest BCUT2D eigenvalue weighted by molar-refractivity contribution is -0.115. The van der Waals surface area contributed by atoms with Crippen LogP contribution in [0.15, 0.2) is 48.5 Å². The Bertz CT molecular complexity index is 971. The third-order valence-electron chi connectivity index (χ3n) is 4.41. The number of hydrogen-bond acceptors (Lipinski definition) is 4. The number of carbonyl (C=O) groups excluding carboxylic acids is 2. The van der Waals surface area contributed by atoms with E-state index in [1.807, 2.05) is 0 Å². The number of rotatable bonds is 5. The molecule has 0 unspecified atom stereocenters. The van der Waals surface area contributed by atoms with E-state index in [1.54, 1.807) is 62.4 Å². The molecule has 0 aliphatic carbocycles. The Labute approximate surface area is 158 Å². The maximum Gasteiger partial charge on any atom is 0.258 e. The highest BCUT2D eigenvalue weighted by Gasteiger charge is 2.27. The summed E-state index contributed by atoms with van der Waals surface area (Å²) in [7, 11) is -3.38. The molecule has 1 N–H and O–H groups in total. The highest BCUT2D eigenvalue weighted by molar-refractivity contribution is 7.92. The third-order valence-corrected chi connectivity index (χ3v) is 6.28. The molecular formula is C19H21N3O4S. The second-order valence-corrected chi connectivity index (χ2v) is 8.25. The van der Waals surface area contributed by atoms with Crippen molar-refractivity contribution in [2.75, 3.05) is 33.4 Å². The lowest BCUT2D eigenvalue weighted by Gasteiger charge is -2.29. The Balaban J connectivity index is 1.90. The van der Waals surface area contributed by atoms with E-state index < -0.39 is 10.0 Å². The molecule has 0 saturated carbocycles. The zero-order valence-electron chi connectivity index (χ0n) is 15.2. The van der Waals surface area contributed by atoms with Crippen molar-refractivity contribution in [2.24, 2.45) is 0 Å². The lowest BCUT2D eigenvalue weighted by Crippen LogP contribution is -2.42. The van der Waals surface area contributed by atoms with Crippen molar-refractivity contribution < 1.29 is 18.0 Å². The highest BCUT2D eigenvalue weighted by atomic mass is 32.2. The molecule has 0 atom stereocenters. The van der Waals surface area contributed by atoms with E-state index in [2.05, 4.69) is 5.32 Å². The molecule has 1 aliphatic rings. The van der Waals surface area contributed by atoms with Crippen LogP contribution in [0.2, 0.25) is 0 Å². The summed E-state index contributed by atoms with van der Waals surface area (Å²) in [5.41, 5.74) is 2.11. The van der Waals surface area contributed by atoms with Gasteiger partial charge in [0.1, 0.15) is 6.54 Å². The lowest BCUT2D eigenvalue weighted by atomic mass is 10.1. The van der Waals surface area contributed by atoms with Gasteiger partial charge in [-0.05, 0) is 50.2 Å². The van der Waals surface area contributed by atoms with E-state index in [4.69, 9.17) is 0 Å². The summed E-state index contributed by atoms with van der Waals surface area (Å²) in [6.07, 6.45) is 0. The van der Waals surface area contributed by atoms with Crippen LogP contribution in [0.25, 0.3) is 0 Å². The quantitative estimate of drug-likeness (QED) is 0.854. The Morgan fingerprint density at radius 3 is 2.41 bits per heavy atom. The van der Waals surface area contributed by atoms with Gasteiger partial charge in [-0.3, -0.25) is 18.8 Å². The summed E-state index contributed by atoms with van der Waals surface area (Å²) in [6, 6.07) is 13.5. The minimum absolute atomic E-state index is 0.00119. The first-order valence-corrected chi connectivity index (χ1v) is 10.3. The molecule has 2 aromatic rings. The van der Waals surface area contributed by atoms with Crippen molar-refractivity contribution in [3.8, 4) is 0 Å². The SMILES string of the molecule is CCN(c1ccc(C(=O)N2CC(=O)Nc3ccccc32)cc1)S(=O)(=O)CC. The summed E-state index contributed by atoms with van der Waals surface area (Å²) in [6.45, 7) is 3.59. The Hall–Kier alpha value is -2.87. The van der Waals surface area contributed by atoms with Crippen LogP contribution in [0.1, 0.15) is 24.2 Å². The Morgan fingerprint density at radius 2 is 1.78 bits per heavy atom. The number of amides is 2. The molecule has 0 spiro atoms. The van der Waals surface area contributed by atoms with Crippen molar-refractivity contribution in [1.82, 2.24) is 0 Å². The topological polar surface area (TPSA) is 86.8 Å². The molecule has 2 aromatic carbocycles. The van der Waals surface area contributed by atoms with Gasteiger partial charge in [-0.15, -0.1) is 0 Å². The fraction of sp³-hybridized carbons (Fsp3) is 0.263. The van der Waals surface area contributed by atoms with Gasteiger partial charge in [0.25, 0.3) is 5.91 Å². The van der Waals surface area contributed by atoms with Gasteiger partial charge in [-0.2, -0.15) is 0 Å². The van der Waals surface area contributed by atoms with Crippen molar-refractivity contribution in [1.29, 1.82) is 0 Å². The van der Waals surface area contributed by atoms with Gasteiger partial charge < -0.3 is 5.32 Å². The van der Waals surface area contributed by atoms with Gasteiger partial charge in [0.2, 0.25) is 15.9 Å². The van der Waals surface area contributed by atoms with Crippen LogP contribution < -0.4 is 14.5 Å². The number of para-hydroxylation sites is 2. The van der Waals surface area contributed by atoms with Crippen LogP contribution in [0.5, 0.6) is 0 Å². The van der Waals surface area contributed by atoms with Crippen LogP contribution in [0.3, 0.4) is 0 Å². The van der Waals surface area contributed by atoms with Crippen LogP contribution in [0.4, 0.5) is 17.1 Å². The number of nitrogens with one attached hydrogen (secondary N) is 1.